The van der Waals surface area contributed by atoms with Gasteiger partial charge in [-0.3, -0.25) is 0 Å². The summed E-state index contributed by atoms with van der Waals surface area (Å²) in [6.45, 7) is 5.92. The third-order valence-electron chi connectivity index (χ3n) is 2.32. The van der Waals surface area contributed by atoms with E-state index in [4.69, 9.17) is 0 Å². The van der Waals surface area contributed by atoms with Gasteiger partial charge < -0.3 is 16.9 Å². The van der Waals surface area contributed by atoms with Crippen LogP contribution in [0.3, 0.4) is 0 Å². The van der Waals surface area contributed by atoms with Gasteiger partial charge in [0.2, 0.25) is 5.37 Å². The Morgan fingerprint density at radius 3 is 2.21 bits per heavy atom. The van der Waals surface area contributed by atoms with Gasteiger partial charge in [-0.2, -0.15) is 0 Å². The number of hydrogen-bond acceptors (Lipinski definition) is 2. The first-order valence-electron chi connectivity index (χ1n) is 4.14. The van der Waals surface area contributed by atoms with Crippen molar-refractivity contribution in [3.05, 3.63) is 12.7 Å². The number of likely N-dealkylation sites (N-methyl/N-ethyl adjacent to an activating group) is 1. The Bertz CT molecular complexity index is 275. The molecule has 0 saturated heterocycles. The van der Waals surface area contributed by atoms with Crippen LogP contribution < -0.4 is 17.1 Å². The first kappa shape index (κ1) is 16.3. The average molecular weight is 243 g/mol. The number of nitrogens with zero attached hydrogens (tertiary/aromatic N) is 1. The molecule has 4 nitrogen and oxygen atoms in total. The molecule has 0 aliphatic carbocycles. The van der Waals surface area contributed by atoms with Crippen LogP contribution in [-0.2, 0) is 10.0 Å². The van der Waals surface area contributed by atoms with Crippen molar-refractivity contribution in [2.45, 2.75) is 12.3 Å². The second-order valence-electron chi connectivity index (χ2n) is 3.60. The molecule has 0 radical (unpaired) electrons. The SMILES string of the molecule is C=CC[N+](C)(C)C(C)S(=O)(=O)NC.[Cl-]. The molecule has 0 spiro atoms. The van der Waals surface area contributed by atoms with E-state index < -0.39 is 15.4 Å². The molecule has 0 aliphatic rings. The van der Waals surface area contributed by atoms with Crippen molar-refractivity contribution < 1.29 is 25.3 Å². The van der Waals surface area contributed by atoms with Crippen LogP contribution in [0.25, 0.3) is 0 Å². The highest BCUT2D eigenvalue weighted by molar-refractivity contribution is 7.89. The van der Waals surface area contributed by atoms with Crippen LogP contribution >= 0.6 is 0 Å². The van der Waals surface area contributed by atoms with E-state index in [2.05, 4.69) is 11.3 Å². The van der Waals surface area contributed by atoms with E-state index in [-0.39, 0.29) is 12.4 Å². The predicted octanol–water partition coefficient (Wildman–Crippen LogP) is -2.85. The molecule has 14 heavy (non-hydrogen) atoms. The van der Waals surface area contributed by atoms with Crippen molar-refractivity contribution in [3.8, 4) is 0 Å². The van der Waals surface area contributed by atoms with E-state index in [1.54, 1.807) is 13.0 Å². The van der Waals surface area contributed by atoms with Crippen LogP contribution in [0.5, 0.6) is 0 Å². The highest BCUT2D eigenvalue weighted by atomic mass is 35.5. The minimum Gasteiger partial charge on any atom is -1.00 e. The number of rotatable bonds is 5. The maximum absolute atomic E-state index is 11.5. The summed E-state index contributed by atoms with van der Waals surface area (Å²) in [6, 6.07) is 0. The Balaban J connectivity index is 0. The molecule has 0 aliphatic heterocycles. The smallest absolute Gasteiger partial charge is 0.265 e. The molecular formula is C8H19ClN2O2S. The lowest BCUT2D eigenvalue weighted by Gasteiger charge is -2.34. The fourth-order valence-electron chi connectivity index (χ4n) is 1.03. The van der Waals surface area contributed by atoms with Crippen molar-refractivity contribution in [1.82, 2.24) is 4.72 Å². The fourth-order valence-corrected chi connectivity index (χ4v) is 2.21. The molecule has 0 heterocycles. The Morgan fingerprint density at radius 1 is 1.50 bits per heavy atom. The molecule has 0 rings (SSSR count). The van der Waals surface area contributed by atoms with Crippen LogP contribution in [0.2, 0.25) is 0 Å². The number of nitrogens with one attached hydrogen (secondary N) is 1. The van der Waals surface area contributed by atoms with Gasteiger partial charge in [-0.05, 0) is 13.1 Å². The second kappa shape index (κ2) is 5.70. The van der Waals surface area contributed by atoms with Gasteiger partial charge in [0, 0.05) is 6.92 Å². The summed E-state index contributed by atoms with van der Waals surface area (Å²) in [5.74, 6) is 0. The summed E-state index contributed by atoms with van der Waals surface area (Å²) < 4.78 is 25.6. The predicted molar refractivity (Wildman–Crippen MR) is 54.6 cm³/mol. The molecule has 0 aromatic carbocycles. The number of hydrogen-bond donors (Lipinski definition) is 1. The van der Waals surface area contributed by atoms with Crippen molar-refractivity contribution in [3.63, 3.8) is 0 Å². The summed E-state index contributed by atoms with van der Waals surface area (Å²) in [5, 5.41) is -0.476. The zero-order valence-corrected chi connectivity index (χ0v) is 10.7. The van der Waals surface area contributed by atoms with E-state index in [0.717, 1.165) is 0 Å². The van der Waals surface area contributed by atoms with E-state index in [9.17, 15) is 8.42 Å². The van der Waals surface area contributed by atoms with Gasteiger partial charge in [-0.1, -0.05) is 6.58 Å². The number of quaternary nitrogens is 1. The van der Waals surface area contributed by atoms with Crippen LogP contribution in [0.4, 0.5) is 0 Å². The molecule has 0 fully saturated rings. The quantitative estimate of drug-likeness (QED) is 0.417. The van der Waals surface area contributed by atoms with E-state index in [1.165, 1.54) is 7.05 Å². The van der Waals surface area contributed by atoms with Gasteiger partial charge in [0.15, 0.2) is 0 Å². The molecule has 1 unspecified atom stereocenters. The zero-order valence-electron chi connectivity index (χ0n) is 9.12. The molecule has 1 atom stereocenters. The first-order valence-corrected chi connectivity index (χ1v) is 5.68. The number of sulfonamides is 1. The first-order chi connectivity index (χ1) is 5.78. The topological polar surface area (TPSA) is 46.2 Å². The largest absolute Gasteiger partial charge is 1.00 e. The average Bonchev–Trinajstić information content (AvgIpc) is 2.03. The maximum Gasteiger partial charge on any atom is 0.265 e. The lowest BCUT2D eigenvalue weighted by molar-refractivity contribution is -0.893. The van der Waals surface area contributed by atoms with Gasteiger partial charge in [0.25, 0.3) is 10.0 Å². The monoisotopic (exact) mass is 242 g/mol. The Labute approximate surface area is 93.0 Å². The van der Waals surface area contributed by atoms with Gasteiger partial charge in [-0.25, -0.2) is 13.1 Å². The standard InChI is InChI=1S/C8H19N2O2S.ClH/c1-6-7-10(4,5)8(2)13(11,12)9-3;/h6,8-9H,1,7H2,2-5H3;1H/q+1;/p-1. The summed E-state index contributed by atoms with van der Waals surface area (Å²) in [6.07, 6.45) is 1.72. The normalized spacial score (nSPS) is 14.3. The summed E-state index contributed by atoms with van der Waals surface area (Å²) in [5.41, 5.74) is 0. The fraction of sp³-hybridized carbons (Fsp3) is 0.750. The Kier molecular flexibility index (Phi) is 6.65. The molecular weight excluding hydrogens is 224 g/mol. The molecule has 86 valence electrons. The molecule has 0 amide bonds. The van der Waals surface area contributed by atoms with E-state index >= 15 is 0 Å². The maximum atomic E-state index is 11.5. The highest BCUT2D eigenvalue weighted by Gasteiger charge is 2.33. The summed E-state index contributed by atoms with van der Waals surface area (Å²) >= 11 is 0. The van der Waals surface area contributed by atoms with E-state index in [1.807, 2.05) is 14.1 Å². The molecule has 0 bridgehead atoms. The molecule has 0 aromatic rings. The zero-order chi connectivity index (χ0) is 10.7. The molecule has 1 N–H and O–H groups in total. The van der Waals surface area contributed by atoms with Crippen LogP contribution in [0.1, 0.15) is 6.92 Å². The van der Waals surface area contributed by atoms with Crippen LogP contribution in [0, 0.1) is 0 Å². The lowest BCUT2D eigenvalue weighted by Crippen LogP contribution is -3.00. The Morgan fingerprint density at radius 2 is 1.93 bits per heavy atom. The molecule has 0 saturated carbocycles. The third-order valence-corrected chi connectivity index (χ3v) is 4.36. The number of halogens is 1. The van der Waals surface area contributed by atoms with E-state index in [0.29, 0.717) is 11.0 Å². The van der Waals surface area contributed by atoms with Crippen molar-refractivity contribution in [2.75, 3.05) is 27.7 Å². The lowest BCUT2D eigenvalue weighted by atomic mass is 10.4. The van der Waals surface area contributed by atoms with Gasteiger partial charge in [0.05, 0.1) is 20.6 Å². The second-order valence-corrected chi connectivity index (χ2v) is 5.78. The van der Waals surface area contributed by atoms with Crippen molar-refractivity contribution >= 4 is 10.0 Å². The minimum absolute atomic E-state index is 0. The molecule has 0 aromatic heterocycles. The molecule has 6 heteroatoms. The Hall–Kier alpha value is -0.100. The van der Waals surface area contributed by atoms with Crippen LogP contribution in [0.15, 0.2) is 12.7 Å². The third kappa shape index (κ3) is 3.96. The van der Waals surface area contributed by atoms with Gasteiger partial charge in [0.1, 0.15) is 0 Å². The van der Waals surface area contributed by atoms with Crippen LogP contribution in [-0.4, -0.2) is 46.0 Å². The van der Waals surface area contributed by atoms with Gasteiger partial charge >= 0.3 is 0 Å². The van der Waals surface area contributed by atoms with Crippen molar-refractivity contribution in [1.29, 1.82) is 0 Å². The van der Waals surface area contributed by atoms with Gasteiger partial charge in [-0.15, -0.1) is 0 Å². The minimum atomic E-state index is -3.20. The summed E-state index contributed by atoms with van der Waals surface area (Å²) in [4.78, 5) is 0. The summed E-state index contributed by atoms with van der Waals surface area (Å²) in [7, 11) is 1.95. The van der Waals surface area contributed by atoms with Crippen molar-refractivity contribution in [2.24, 2.45) is 0 Å². The highest BCUT2D eigenvalue weighted by Crippen LogP contribution is 2.11.